The number of nitrogens with one attached hydrogen (secondary N) is 1. The van der Waals surface area contributed by atoms with Crippen LogP contribution in [0, 0.1) is 6.92 Å². The lowest BCUT2D eigenvalue weighted by Gasteiger charge is -2.37. The number of hydrogen-bond acceptors (Lipinski definition) is 5. The summed E-state index contributed by atoms with van der Waals surface area (Å²) >= 11 is 1.58. The molecule has 1 unspecified atom stereocenters. The van der Waals surface area contributed by atoms with E-state index in [0.29, 0.717) is 17.7 Å². The second kappa shape index (κ2) is 9.23. The van der Waals surface area contributed by atoms with Gasteiger partial charge in [0.05, 0.1) is 0 Å². The van der Waals surface area contributed by atoms with Crippen LogP contribution in [0.15, 0.2) is 24.3 Å². The summed E-state index contributed by atoms with van der Waals surface area (Å²) < 4.78 is 0. The zero-order valence-corrected chi connectivity index (χ0v) is 16.4. The summed E-state index contributed by atoms with van der Waals surface area (Å²) in [5.74, 6) is -1.10. The molecule has 1 atom stereocenters. The van der Waals surface area contributed by atoms with Gasteiger partial charge in [-0.2, -0.15) is 11.8 Å². The number of likely N-dealkylation sites (tertiary alicyclic amines) is 1. The van der Waals surface area contributed by atoms with Crippen LogP contribution in [-0.4, -0.2) is 69.6 Å². The van der Waals surface area contributed by atoms with Crippen LogP contribution in [0.25, 0.3) is 0 Å². The van der Waals surface area contributed by atoms with Crippen molar-refractivity contribution in [3.63, 3.8) is 0 Å². The highest BCUT2D eigenvalue weighted by atomic mass is 32.2. The summed E-state index contributed by atoms with van der Waals surface area (Å²) in [5, 5.41) is 22.0. The summed E-state index contributed by atoms with van der Waals surface area (Å²) in [7, 11) is 0. The number of carboxylic acids is 1. The Morgan fingerprint density at radius 1 is 1.30 bits per heavy atom. The molecule has 2 amide bonds. The Labute approximate surface area is 163 Å². The number of hydrogen-bond donors (Lipinski definition) is 3. The molecule has 148 valence electrons. The minimum atomic E-state index is -1.78. The second-order valence-electron chi connectivity index (χ2n) is 6.84. The maximum absolute atomic E-state index is 12.9. The fourth-order valence-electron chi connectivity index (χ4n) is 3.05. The third kappa shape index (κ3) is 5.46. The van der Waals surface area contributed by atoms with Crippen molar-refractivity contribution in [3.05, 3.63) is 35.4 Å². The van der Waals surface area contributed by atoms with Gasteiger partial charge in [-0.1, -0.05) is 17.7 Å². The number of benzene rings is 1. The summed E-state index contributed by atoms with van der Waals surface area (Å²) in [5.41, 5.74) is -0.328. The van der Waals surface area contributed by atoms with Crippen LogP contribution in [0.2, 0.25) is 0 Å². The number of aryl methyl sites for hydroxylation is 1. The zero-order chi connectivity index (χ0) is 20.0. The standard InChI is InChI=1S/C19H26N2O5S/c1-13-4-3-5-14(12-13)16(22)20-15(6-11-27-2)17(23)21-9-7-19(26,8-10-21)18(24)25/h3-5,12,15,26H,6-11H2,1-2H3,(H,20,22)(H,24,25). The summed E-state index contributed by atoms with van der Waals surface area (Å²) in [6, 6.07) is 6.47. The molecule has 1 fully saturated rings. The van der Waals surface area contributed by atoms with Crippen molar-refractivity contribution in [1.82, 2.24) is 10.2 Å². The van der Waals surface area contributed by atoms with Crippen LogP contribution in [0.5, 0.6) is 0 Å². The smallest absolute Gasteiger partial charge is 0.335 e. The van der Waals surface area contributed by atoms with Gasteiger partial charge in [0.1, 0.15) is 6.04 Å². The molecular weight excluding hydrogens is 368 g/mol. The monoisotopic (exact) mass is 394 g/mol. The van der Waals surface area contributed by atoms with Crippen LogP contribution in [0.3, 0.4) is 0 Å². The third-order valence-electron chi connectivity index (χ3n) is 4.79. The Bertz CT molecular complexity index is 701. The molecule has 1 aliphatic rings. The number of carbonyl (C=O) groups excluding carboxylic acids is 2. The maximum Gasteiger partial charge on any atom is 0.335 e. The first-order valence-electron chi connectivity index (χ1n) is 8.88. The Morgan fingerprint density at radius 2 is 1.96 bits per heavy atom. The number of piperidine rings is 1. The number of rotatable bonds is 7. The molecule has 0 aliphatic carbocycles. The van der Waals surface area contributed by atoms with Gasteiger partial charge in [-0.05, 0) is 37.5 Å². The highest BCUT2D eigenvalue weighted by molar-refractivity contribution is 7.98. The first-order valence-corrected chi connectivity index (χ1v) is 10.3. The lowest BCUT2D eigenvalue weighted by atomic mass is 9.91. The molecule has 8 heteroatoms. The van der Waals surface area contributed by atoms with E-state index in [0.717, 1.165) is 5.56 Å². The molecule has 2 rings (SSSR count). The number of aliphatic carboxylic acids is 1. The van der Waals surface area contributed by atoms with Crippen LogP contribution >= 0.6 is 11.8 Å². The van der Waals surface area contributed by atoms with E-state index in [4.69, 9.17) is 5.11 Å². The molecule has 0 radical (unpaired) electrons. The Kier molecular flexibility index (Phi) is 7.26. The summed E-state index contributed by atoms with van der Waals surface area (Å²) in [6.07, 6.45) is 2.37. The largest absolute Gasteiger partial charge is 0.479 e. The molecule has 1 heterocycles. The molecule has 1 saturated heterocycles. The minimum Gasteiger partial charge on any atom is -0.479 e. The molecule has 7 nitrogen and oxygen atoms in total. The summed E-state index contributed by atoms with van der Waals surface area (Å²) in [6.45, 7) is 2.19. The Balaban J connectivity index is 2.05. The van der Waals surface area contributed by atoms with Gasteiger partial charge in [0, 0.05) is 31.5 Å². The van der Waals surface area contributed by atoms with Crippen molar-refractivity contribution in [3.8, 4) is 0 Å². The average molecular weight is 394 g/mol. The lowest BCUT2D eigenvalue weighted by molar-refractivity contribution is -0.165. The average Bonchev–Trinajstić information content (AvgIpc) is 2.65. The van der Waals surface area contributed by atoms with Gasteiger partial charge >= 0.3 is 5.97 Å². The quantitative estimate of drug-likeness (QED) is 0.643. The fraction of sp³-hybridized carbons (Fsp3) is 0.526. The molecule has 0 spiro atoms. The van der Waals surface area contributed by atoms with Gasteiger partial charge in [-0.3, -0.25) is 9.59 Å². The number of aliphatic hydroxyl groups is 1. The van der Waals surface area contributed by atoms with Crippen LogP contribution in [0.1, 0.15) is 35.2 Å². The molecule has 0 bridgehead atoms. The van der Waals surface area contributed by atoms with E-state index < -0.39 is 17.6 Å². The van der Waals surface area contributed by atoms with Crippen molar-refractivity contribution in [2.45, 2.75) is 37.8 Å². The van der Waals surface area contributed by atoms with Gasteiger partial charge in [0.2, 0.25) is 5.91 Å². The topological polar surface area (TPSA) is 107 Å². The normalized spacial score (nSPS) is 17.2. The van der Waals surface area contributed by atoms with E-state index in [9.17, 15) is 19.5 Å². The van der Waals surface area contributed by atoms with Gasteiger partial charge in [-0.15, -0.1) is 0 Å². The number of nitrogens with zero attached hydrogens (tertiary/aromatic N) is 1. The van der Waals surface area contributed by atoms with Crippen LogP contribution in [0.4, 0.5) is 0 Å². The fourth-order valence-corrected chi connectivity index (χ4v) is 3.52. The van der Waals surface area contributed by atoms with E-state index in [-0.39, 0.29) is 37.7 Å². The van der Waals surface area contributed by atoms with Crippen LogP contribution < -0.4 is 5.32 Å². The van der Waals surface area contributed by atoms with Gasteiger partial charge in [0.25, 0.3) is 5.91 Å². The number of amides is 2. The van der Waals surface area contributed by atoms with Gasteiger partial charge in [0.15, 0.2) is 5.60 Å². The van der Waals surface area contributed by atoms with Crippen molar-refractivity contribution in [1.29, 1.82) is 0 Å². The molecule has 1 aromatic carbocycles. The van der Waals surface area contributed by atoms with Crippen LogP contribution in [-0.2, 0) is 9.59 Å². The third-order valence-corrected chi connectivity index (χ3v) is 5.44. The maximum atomic E-state index is 12.9. The van der Waals surface area contributed by atoms with Crippen molar-refractivity contribution < 1.29 is 24.6 Å². The highest BCUT2D eigenvalue weighted by Crippen LogP contribution is 2.23. The second-order valence-corrected chi connectivity index (χ2v) is 7.82. The van der Waals surface area contributed by atoms with Crippen molar-refractivity contribution >= 4 is 29.5 Å². The molecule has 3 N–H and O–H groups in total. The molecule has 0 aromatic heterocycles. The first-order chi connectivity index (χ1) is 12.8. The molecule has 0 saturated carbocycles. The number of carboxylic acid groups (broad SMARTS) is 1. The molecule has 27 heavy (non-hydrogen) atoms. The first kappa shape index (κ1) is 21.2. The van der Waals surface area contributed by atoms with E-state index in [1.165, 1.54) is 4.90 Å². The lowest BCUT2D eigenvalue weighted by Crippen LogP contribution is -2.55. The van der Waals surface area contributed by atoms with Crippen molar-refractivity contribution in [2.75, 3.05) is 25.1 Å². The number of carbonyl (C=O) groups is 3. The van der Waals surface area contributed by atoms with Crippen molar-refractivity contribution in [2.24, 2.45) is 0 Å². The van der Waals surface area contributed by atoms with E-state index in [2.05, 4.69) is 5.32 Å². The minimum absolute atomic E-state index is 0.0187. The highest BCUT2D eigenvalue weighted by Gasteiger charge is 2.41. The van der Waals surface area contributed by atoms with E-state index >= 15 is 0 Å². The Morgan fingerprint density at radius 3 is 2.52 bits per heavy atom. The van der Waals surface area contributed by atoms with Gasteiger partial charge < -0.3 is 20.4 Å². The van der Waals surface area contributed by atoms with E-state index in [1.54, 1.807) is 30.0 Å². The molecule has 1 aliphatic heterocycles. The molecule has 1 aromatic rings. The molecular formula is C19H26N2O5S. The predicted octanol–water partition coefficient (Wildman–Crippen LogP) is 1.28. The predicted molar refractivity (Wildman–Crippen MR) is 104 cm³/mol. The van der Waals surface area contributed by atoms with Gasteiger partial charge in [-0.25, -0.2) is 4.79 Å². The SMILES string of the molecule is CSCCC(NC(=O)c1cccc(C)c1)C(=O)N1CCC(O)(C(=O)O)CC1. The Hall–Kier alpha value is -2.06. The zero-order valence-electron chi connectivity index (χ0n) is 15.6. The summed E-state index contributed by atoms with van der Waals surface area (Å²) in [4.78, 5) is 38.1. The number of thioether (sulfide) groups is 1. The van der Waals surface area contributed by atoms with E-state index in [1.807, 2.05) is 19.2 Å².